The summed E-state index contributed by atoms with van der Waals surface area (Å²) in [4.78, 5) is 34.5. The molecule has 2 heterocycles. The van der Waals surface area contributed by atoms with E-state index in [0.29, 0.717) is 22.6 Å². The number of aromatic nitrogens is 2. The van der Waals surface area contributed by atoms with Crippen LogP contribution >= 0.6 is 24.0 Å². The molecule has 0 fully saturated rings. The number of anilines is 2. The Labute approximate surface area is 224 Å². The number of hydrogen-bond donors (Lipinski definition) is 4. The van der Waals surface area contributed by atoms with Crippen molar-refractivity contribution in [1.29, 1.82) is 0 Å². The standard InChI is InChI=1S/C25H25N5O4S3/c1-5-7-22(35)24(32)29-21(14-18-8-6-11-36-18)23(31)28-20-10-9-19(12-15(20)2)37(33,34)30-25-26-16(3)13-17(4)27-25/h5-14,35H,1H2,2-4H3,(H,28,31)(H,29,32)(H,26,27,30)/b21-14+,22-7-. The normalized spacial score (nSPS) is 12.1. The van der Waals surface area contributed by atoms with Gasteiger partial charge >= 0.3 is 0 Å². The van der Waals surface area contributed by atoms with Crippen LogP contribution in [-0.2, 0) is 19.6 Å². The van der Waals surface area contributed by atoms with E-state index in [1.807, 2.05) is 11.4 Å². The molecule has 2 amide bonds. The number of sulfonamides is 1. The Hall–Kier alpha value is -3.74. The maximum absolute atomic E-state index is 13.1. The van der Waals surface area contributed by atoms with E-state index in [-0.39, 0.29) is 21.4 Å². The van der Waals surface area contributed by atoms with Gasteiger partial charge in [0.25, 0.3) is 21.8 Å². The maximum Gasteiger partial charge on any atom is 0.272 e. The first kappa shape index (κ1) is 27.8. The molecule has 0 spiro atoms. The van der Waals surface area contributed by atoms with E-state index in [1.165, 1.54) is 47.8 Å². The van der Waals surface area contributed by atoms with Gasteiger partial charge in [-0.2, -0.15) is 0 Å². The molecule has 3 N–H and O–H groups in total. The number of thiophene rings is 1. The van der Waals surface area contributed by atoms with Crippen molar-refractivity contribution in [2.75, 3.05) is 10.0 Å². The smallest absolute Gasteiger partial charge is 0.272 e. The molecule has 192 valence electrons. The minimum Gasteiger partial charge on any atom is -0.320 e. The van der Waals surface area contributed by atoms with Gasteiger partial charge in [0, 0.05) is 22.0 Å². The summed E-state index contributed by atoms with van der Waals surface area (Å²) < 4.78 is 28.1. The van der Waals surface area contributed by atoms with E-state index in [0.717, 1.165) is 4.88 Å². The lowest BCUT2D eigenvalue weighted by Gasteiger charge is -2.14. The Bertz CT molecular complexity index is 1490. The number of benzene rings is 1. The van der Waals surface area contributed by atoms with Gasteiger partial charge in [0.15, 0.2) is 0 Å². The molecule has 0 radical (unpaired) electrons. The molecule has 37 heavy (non-hydrogen) atoms. The minimum atomic E-state index is -3.97. The third-order valence-electron chi connectivity index (χ3n) is 4.80. The molecule has 3 rings (SSSR count). The number of carbonyl (C=O) groups is 2. The van der Waals surface area contributed by atoms with Gasteiger partial charge in [-0.3, -0.25) is 9.59 Å². The Morgan fingerprint density at radius 2 is 1.76 bits per heavy atom. The van der Waals surface area contributed by atoms with Crippen LogP contribution in [0.4, 0.5) is 11.6 Å². The average Bonchev–Trinajstić information content (AvgIpc) is 3.32. The van der Waals surface area contributed by atoms with Gasteiger partial charge in [-0.1, -0.05) is 18.7 Å². The molecule has 0 bridgehead atoms. The molecule has 2 aromatic heterocycles. The van der Waals surface area contributed by atoms with Crippen molar-refractivity contribution >= 4 is 63.5 Å². The molecule has 0 atom stereocenters. The second-order valence-electron chi connectivity index (χ2n) is 7.83. The zero-order valence-electron chi connectivity index (χ0n) is 20.3. The molecule has 9 nitrogen and oxygen atoms in total. The van der Waals surface area contributed by atoms with Gasteiger partial charge in [0.2, 0.25) is 5.95 Å². The third-order valence-corrected chi connectivity index (χ3v) is 7.29. The topological polar surface area (TPSA) is 130 Å². The van der Waals surface area contributed by atoms with Crippen LogP contribution in [-0.4, -0.2) is 30.2 Å². The Morgan fingerprint density at radius 3 is 2.35 bits per heavy atom. The first-order chi connectivity index (χ1) is 17.5. The van der Waals surface area contributed by atoms with E-state index in [2.05, 4.69) is 44.5 Å². The lowest BCUT2D eigenvalue weighted by Crippen LogP contribution is -2.31. The fourth-order valence-corrected chi connectivity index (χ4v) is 4.98. The fraction of sp³-hybridized carbons (Fsp3) is 0.120. The van der Waals surface area contributed by atoms with Gasteiger partial charge in [-0.15, -0.1) is 24.0 Å². The Balaban J connectivity index is 1.83. The first-order valence-corrected chi connectivity index (χ1v) is 13.6. The van der Waals surface area contributed by atoms with Gasteiger partial charge in [-0.25, -0.2) is 23.1 Å². The van der Waals surface area contributed by atoms with Crippen LogP contribution in [0.2, 0.25) is 0 Å². The summed E-state index contributed by atoms with van der Waals surface area (Å²) in [6.45, 7) is 8.66. The highest BCUT2D eigenvalue weighted by atomic mass is 32.2. The number of amides is 2. The number of allylic oxidation sites excluding steroid dienone is 2. The highest BCUT2D eigenvalue weighted by molar-refractivity contribution is 7.92. The van der Waals surface area contributed by atoms with Crippen molar-refractivity contribution in [1.82, 2.24) is 15.3 Å². The quantitative estimate of drug-likeness (QED) is 0.176. The van der Waals surface area contributed by atoms with Crippen LogP contribution in [0.1, 0.15) is 21.8 Å². The summed E-state index contributed by atoms with van der Waals surface area (Å²) in [7, 11) is -3.97. The molecule has 0 aliphatic carbocycles. The molecule has 12 heteroatoms. The SMILES string of the molecule is C=C/C=C(\S)C(=O)N/C(=C/c1cccs1)C(=O)Nc1ccc(S(=O)(=O)Nc2nc(C)cc(C)n2)cc1C. The summed E-state index contributed by atoms with van der Waals surface area (Å²) in [5, 5.41) is 7.12. The Morgan fingerprint density at radius 1 is 1.05 bits per heavy atom. The zero-order chi connectivity index (χ0) is 27.2. The average molecular weight is 556 g/mol. The van der Waals surface area contributed by atoms with Crippen LogP contribution in [0, 0.1) is 20.8 Å². The molecule has 0 saturated carbocycles. The molecular formula is C25H25N5O4S3. The lowest BCUT2D eigenvalue weighted by molar-refractivity contribution is -0.119. The monoisotopic (exact) mass is 555 g/mol. The van der Waals surface area contributed by atoms with Gasteiger partial charge in [0.1, 0.15) is 5.70 Å². The summed E-state index contributed by atoms with van der Waals surface area (Å²) in [6, 6.07) is 9.58. The summed E-state index contributed by atoms with van der Waals surface area (Å²) in [5.74, 6) is -1.21. The highest BCUT2D eigenvalue weighted by Gasteiger charge is 2.20. The van der Waals surface area contributed by atoms with Gasteiger partial charge in [-0.05, 0) is 74.2 Å². The molecule has 3 aromatic rings. The second kappa shape index (κ2) is 12.0. The van der Waals surface area contributed by atoms with Crippen molar-refractivity contribution in [3.05, 3.63) is 92.9 Å². The van der Waals surface area contributed by atoms with Crippen LogP contribution in [0.25, 0.3) is 6.08 Å². The van der Waals surface area contributed by atoms with Gasteiger partial charge in [0.05, 0.1) is 9.80 Å². The highest BCUT2D eigenvalue weighted by Crippen LogP contribution is 2.22. The molecule has 0 saturated heterocycles. The summed E-state index contributed by atoms with van der Waals surface area (Å²) >= 11 is 5.50. The number of rotatable bonds is 9. The number of thiol groups is 1. The van der Waals surface area contributed by atoms with Crippen molar-refractivity contribution in [3.8, 4) is 0 Å². The number of nitrogens with one attached hydrogen (secondary N) is 3. The van der Waals surface area contributed by atoms with Crippen molar-refractivity contribution in [2.45, 2.75) is 25.7 Å². The largest absolute Gasteiger partial charge is 0.320 e. The maximum atomic E-state index is 13.1. The van der Waals surface area contributed by atoms with Crippen molar-refractivity contribution in [3.63, 3.8) is 0 Å². The van der Waals surface area contributed by atoms with Crippen LogP contribution in [0.5, 0.6) is 0 Å². The first-order valence-electron chi connectivity index (χ1n) is 10.8. The minimum absolute atomic E-state index is 0.0128. The number of carbonyl (C=O) groups excluding carboxylic acids is 2. The van der Waals surface area contributed by atoms with Crippen LogP contribution in [0.3, 0.4) is 0 Å². The van der Waals surface area contributed by atoms with Crippen molar-refractivity contribution in [2.24, 2.45) is 0 Å². The van der Waals surface area contributed by atoms with E-state index in [9.17, 15) is 18.0 Å². The summed E-state index contributed by atoms with van der Waals surface area (Å²) in [6.07, 6.45) is 4.35. The Kier molecular flexibility index (Phi) is 9.03. The van der Waals surface area contributed by atoms with Gasteiger partial charge < -0.3 is 10.6 Å². The van der Waals surface area contributed by atoms with Crippen molar-refractivity contribution < 1.29 is 18.0 Å². The molecule has 1 aromatic carbocycles. The van der Waals surface area contributed by atoms with Crippen LogP contribution < -0.4 is 15.4 Å². The second-order valence-corrected chi connectivity index (χ2v) is 11.0. The fourth-order valence-electron chi connectivity index (χ4n) is 3.13. The van der Waals surface area contributed by atoms with E-state index in [1.54, 1.807) is 32.9 Å². The predicted octanol–water partition coefficient (Wildman–Crippen LogP) is 4.36. The number of hydrogen-bond acceptors (Lipinski definition) is 8. The van der Waals surface area contributed by atoms with E-state index in [4.69, 9.17) is 0 Å². The van der Waals surface area contributed by atoms with Crippen LogP contribution in [0.15, 0.2) is 76.0 Å². The summed E-state index contributed by atoms with van der Waals surface area (Å²) in [5.41, 5.74) is 2.10. The third kappa shape index (κ3) is 7.62. The number of aryl methyl sites for hydroxylation is 3. The molecule has 0 aliphatic rings. The predicted molar refractivity (Wildman–Crippen MR) is 150 cm³/mol. The molecular weight excluding hydrogens is 531 g/mol. The zero-order valence-corrected chi connectivity index (χ0v) is 22.8. The molecule has 0 aliphatic heterocycles. The number of nitrogens with zero attached hydrogens (tertiary/aromatic N) is 2. The lowest BCUT2D eigenvalue weighted by atomic mass is 10.2. The molecule has 0 unspecified atom stereocenters. The van der Waals surface area contributed by atoms with E-state index >= 15 is 0 Å². The van der Waals surface area contributed by atoms with E-state index < -0.39 is 21.8 Å².